The quantitative estimate of drug-likeness (QED) is 0.696. The zero-order valence-electron chi connectivity index (χ0n) is 15.6. The lowest BCUT2D eigenvalue weighted by molar-refractivity contribution is 0.0750. The van der Waals surface area contributed by atoms with Crippen molar-refractivity contribution in [2.75, 3.05) is 31.1 Å². The number of carbonyl (C=O) groups is 1. The van der Waals surface area contributed by atoms with Gasteiger partial charge in [0.2, 0.25) is 0 Å². The molecular formula is C21H22N4OS. The van der Waals surface area contributed by atoms with Gasteiger partial charge in [0.05, 0.1) is 5.69 Å². The fraction of sp³-hybridized carbons (Fsp3) is 0.286. The molecule has 0 spiro atoms. The van der Waals surface area contributed by atoms with E-state index in [4.69, 9.17) is 0 Å². The lowest BCUT2D eigenvalue weighted by atomic mass is 10.2. The summed E-state index contributed by atoms with van der Waals surface area (Å²) in [5, 5.41) is 0.849. The average Bonchev–Trinajstić information content (AvgIpc) is 3.10. The molecule has 0 bridgehead atoms. The van der Waals surface area contributed by atoms with Gasteiger partial charge in [0.25, 0.3) is 5.91 Å². The van der Waals surface area contributed by atoms with Gasteiger partial charge in [-0.05, 0) is 43.7 Å². The number of anilines is 1. The summed E-state index contributed by atoms with van der Waals surface area (Å²) in [5.41, 5.74) is 4.24. The SMILES string of the molecule is Cc1cccc(N2CCN(C(=O)c3sc(-c4cccnc4)nc3C)CC2)c1. The maximum absolute atomic E-state index is 13.0. The normalized spacial score (nSPS) is 14.4. The van der Waals surface area contributed by atoms with Crippen LogP contribution in [0.25, 0.3) is 10.6 Å². The minimum absolute atomic E-state index is 0.0871. The number of piperazine rings is 1. The van der Waals surface area contributed by atoms with Gasteiger partial charge in [-0.2, -0.15) is 0 Å². The van der Waals surface area contributed by atoms with Gasteiger partial charge in [-0.25, -0.2) is 4.98 Å². The van der Waals surface area contributed by atoms with E-state index in [1.807, 2.05) is 24.0 Å². The van der Waals surface area contributed by atoms with Gasteiger partial charge in [0.1, 0.15) is 9.88 Å². The fourth-order valence-corrected chi connectivity index (χ4v) is 4.37. The zero-order valence-corrected chi connectivity index (χ0v) is 16.4. The molecule has 0 atom stereocenters. The van der Waals surface area contributed by atoms with Crippen molar-refractivity contribution < 1.29 is 4.79 Å². The maximum Gasteiger partial charge on any atom is 0.265 e. The highest BCUT2D eigenvalue weighted by atomic mass is 32.1. The molecule has 2 aromatic heterocycles. The third-order valence-electron chi connectivity index (χ3n) is 4.83. The monoisotopic (exact) mass is 378 g/mol. The molecule has 0 radical (unpaired) electrons. The van der Waals surface area contributed by atoms with Crippen molar-refractivity contribution in [2.45, 2.75) is 13.8 Å². The lowest BCUT2D eigenvalue weighted by Crippen LogP contribution is -2.48. The first kappa shape index (κ1) is 17.7. The first-order valence-corrected chi connectivity index (χ1v) is 9.92. The van der Waals surface area contributed by atoms with Crippen molar-refractivity contribution in [3.05, 3.63) is 64.9 Å². The van der Waals surface area contributed by atoms with Crippen molar-refractivity contribution >= 4 is 22.9 Å². The van der Waals surface area contributed by atoms with Crippen LogP contribution in [0.1, 0.15) is 20.9 Å². The van der Waals surface area contributed by atoms with Crippen LogP contribution < -0.4 is 4.90 Å². The Morgan fingerprint density at radius 2 is 1.89 bits per heavy atom. The molecule has 1 amide bonds. The molecule has 1 aliphatic rings. The van der Waals surface area contributed by atoms with Crippen molar-refractivity contribution in [3.63, 3.8) is 0 Å². The number of amides is 1. The van der Waals surface area contributed by atoms with Gasteiger partial charge < -0.3 is 9.80 Å². The molecule has 0 saturated carbocycles. The second kappa shape index (κ2) is 7.48. The van der Waals surface area contributed by atoms with Crippen LogP contribution in [0.2, 0.25) is 0 Å². The molecule has 1 aliphatic heterocycles. The third kappa shape index (κ3) is 3.71. The number of aromatic nitrogens is 2. The summed E-state index contributed by atoms with van der Waals surface area (Å²) in [6.45, 7) is 7.17. The summed E-state index contributed by atoms with van der Waals surface area (Å²) in [4.78, 5) is 26.8. The van der Waals surface area contributed by atoms with Crippen LogP contribution in [0.3, 0.4) is 0 Å². The number of rotatable bonds is 3. The van der Waals surface area contributed by atoms with Gasteiger partial charge in [-0.3, -0.25) is 9.78 Å². The number of benzene rings is 1. The Morgan fingerprint density at radius 3 is 2.59 bits per heavy atom. The standard InChI is InChI=1S/C21H22N4OS/c1-15-5-3-7-18(13-15)24-9-11-25(12-10-24)21(26)19-16(2)23-20(27-19)17-6-4-8-22-14-17/h3-8,13-14H,9-12H2,1-2H3. The molecule has 0 unspecified atom stereocenters. The van der Waals surface area contributed by atoms with Gasteiger partial charge in [-0.15, -0.1) is 11.3 Å². The van der Waals surface area contributed by atoms with Crippen LogP contribution >= 0.6 is 11.3 Å². The summed E-state index contributed by atoms with van der Waals surface area (Å²) in [5.74, 6) is 0.0871. The highest BCUT2D eigenvalue weighted by Crippen LogP contribution is 2.29. The Hall–Kier alpha value is -2.73. The predicted octanol–water partition coefficient (Wildman–Crippen LogP) is 3.78. The van der Waals surface area contributed by atoms with Crippen LogP contribution in [-0.4, -0.2) is 47.0 Å². The number of hydrogen-bond acceptors (Lipinski definition) is 5. The number of carbonyl (C=O) groups excluding carboxylic acids is 1. The second-order valence-corrected chi connectivity index (χ2v) is 7.79. The van der Waals surface area contributed by atoms with Crippen LogP contribution in [0.15, 0.2) is 48.8 Å². The molecule has 4 rings (SSSR count). The third-order valence-corrected chi connectivity index (χ3v) is 6.03. The van der Waals surface area contributed by atoms with Crippen molar-refractivity contribution in [3.8, 4) is 10.6 Å². The number of aryl methyl sites for hydroxylation is 2. The van der Waals surface area contributed by atoms with Gasteiger partial charge in [-0.1, -0.05) is 12.1 Å². The van der Waals surface area contributed by atoms with E-state index in [1.165, 1.54) is 22.6 Å². The number of thiazole rings is 1. The van der Waals surface area contributed by atoms with E-state index in [1.54, 1.807) is 12.4 Å². The molecule has 138 valence electrons. The number of nitrogens with zero attached hydrogens (tertiary/aromatic N) is 4. The topological polar surface area (TPSA) is 49.3 Å². The molecule has 3 heterocycles. The van der Waals surface area contributed by atoms with Gasteiger partial charge in [0, 0.05) is 49.8 Å². The smallest absolute Gasteiger partial charge is 0.265 e. The van der Waals surface area contributed by atoms with Crippen molar-refractivity contribution in [2.24, 2.45) is 0 Å². The maximum atomic E-state index is 13.0. The molecule has 0 N–H and O–H groups in total. The van der Waals surface area contributed by atoms with Gasteiger partial charge in [0.15, 0.2) is 0 Å². The van der Waals surface area contributed by atoms with E-state index in [0.717, 1.165) is 47.3 Å². The second-order valence-electron chi connectivity index (χ2n) is 6.79. The Labute approximate surface area is 163 Å². The summed E-state index contributed by atoms with van der Waals surface area (Å²) in [6, 6.07) is 12.4. The molecule has 3 aromatic rings. The Kier molecular flexibility index (Phi) is 4.90. The van der Waals surface area contributed by atoms with Crippen LogP contribution in [0, 0.1) is 13.8 Å². The van der Waals surface area contributed by atoms with Crippen LogP contribution in [0.4, 0.5) is 5.69 Å². The molecule has 1 saturated heterocycles. The number of pyridine rings is 1. The van der Waals surface area contributed by atoms with Crippen molar-refractivity contribution in [1.82, 2.24) is 14.9 Å². The molecule has 5 nitrogen and oxygen atoms in total. The Balaban J connectivity index is 1.46. The molecule has 27 heavy (non-hydrogen) atoms. The van der Waals surface area contributed by atoms with Crippen LogP contribution in [-0.2, 0) is 0 Å². The largest absolute Gasteiger partial charge is 0.368 e. The summed E-state index contributed by atoms with van der Waals surface area (Å²) >= 11 is 1.46. The lowest BCUT2D eigenvalue weighted by Gasteiger charge is -2.36. The Morgan fingerprint density at radius 1 is 1.07 bits per heavy atom. The molecule has 1 aromatic carbocycles. The zero-order chi connectivity index (χ0) is 18.8. The van der Waals surface area contributed by atoms with E-state index in [2.05, 4.69) is 46.1 Å². The van der Waals surface area contributed by atoms with E-state index in [9.17, 15) is 4.79 Å². The number of hydrogen-bond donors (Lipinski definition) is 0. The van der Waals surface area contributed by atoms with Gasteiger partial charge >= 0.3 is 0 Å². The summed E-state index contributed by atoms with van der Waals surface area (Å²) in [7, 11) is 0. The van der Waals surface area contributed by atoms with E-state index in [-0.39, 0.29) is 5.91 Å². The molecule has 1 fully saturated rings. The fourth-order valence-electron chi connectivity index (χ4n) is 3.34. The summed E-state index contributed by atoms with van der Waals surface area (Å²) in [6.07, 6.45) is 3.52. The summed E-state index contributed by atoms with van der Waals surface area (Å²) < 4.78 is 0. The first-order chi connectivity index (χ1) is 13.1. The minimum atomic E-state index is 0.0871. The van der Waals surface area contributed by atoms with Crippen LogP contribution in [0.5, 0.6) is 0 Å². The van der Waals surface area contributed by atoms with E-state index >= 15 is 0 Å². The Bertz CT molecular complexity index is 946. The highest BCUT2D eigenvalue weighted by molar-refractivity contribution is 7.17. The highest BCUT2D eigenvalue weighted by Gasteiger charge is 2.25. The van der Waals surface area contributed by atoms with E-state index < -0.39 is 0 Å². The molecular weight excluding hydrogens is 356 g/mol. The predicted molar refractivity (Wildman–Crippen MR) is 109 cm³/mol. The molecule has 0 aliphatic carbocycles. The minimum Gasteiger partial charge on any atom is -0.368 e. The van der Waals surface area contributed by atoms with Crippen molar-refractivity contribution in [1.29, 1.82) is 0 Å². The first-order valence-electron chi connectivity index (χ1n) is 9.10. The average molecular weight is 379 g/mol. The van der Waals surface area contributed by atoms with E-state index in [0.29, 0.717) is 0 Å². The molecule has 6 heteroatoms.